The number of benzene rings is 1. The van der Waals surface area contributed by atoms with E-state index in [0.29, 0.717) is 19.0 Å². The lowest BCUT2D eigenvalue weighted by atomic mass is 10.0. The van der Waals surface area contributed by atoms with Gasteiger partial charge in [-0.2, -0.15) is 5.10 Å². The molecule has 0 aliphatic carbocycles. The van der Waals surface area contributed by atoms with Crippen molar-refractivity contribution >= 4 is 0 Å². The molecule has 1 N–H and O–H groups in total. The van der Waals surface area contributed by atoms with Crippen LogP contribution in [0.2, 0.25) is 0 Å². The van der Waals surface area contributed by atoms with Gasteiger partial charge in [-0.3, -0.25) is 9.58 Å². The van der Waals surface area contributed by atoms with Crippen LogP contribution in [0.25, 0.3) is 0 Å². The molecule has 1 aromatic carbocycles. The van der Waals surface area contributed by atoms with E-state index in [1.54, 1.807) is 4.68 Å². The predicted octanol–water partition coefficient (Wildman–Crippen LogP) is 1.81. The van der Waals surface area contributed by atoms with E-state index in [0.717, 1.165) is 17.1 Å². The van der Waals surface area contributed by atoms with Gasteiger partial charge in [0.2, 0.25) is 0 Å². The number of nitrogens with zero attached hydrogens (tertiary/aromatic N) is 4. The number of hydrogen-bond acceptors (Lipinski definition) is 5. The van der Waals surface area contributed by atoms with Gasteiger partial charge in [-0.1, -0.05) is 32.0 Å². The zero-order valence-electron chi connectivity index (χ0n) is 14.3. The van der Waals surface area contributed by atoms with Crippen molar-refractivity contribution in [3.05, 3.63) is 42.0 Å². The number of likely N-dealkylation sites (N-methyl/N-ethyl adjacent to an activating group) is 1. The molecule has 0 bridgehead atoms. The van der Waals surface area contributed by atoms with Gasteiger partial charge in [-0.15, -0.1) is 0 Å². The Hall–Kier alpha value is -1.92. The van der Waals surface area contributed by atoms with Crippen LogP contribution in [-0.2, 0) is 13.6 Å². The fraction of sp³-hybridized carbons (Fsp3) is 0.529. The molecule has 2 rings (SSSR count). The first-order chi connectivity index (χ1) is 11.0. The van der Waals surface area contributed by atoms with Crippen LogP contribution in [0.15, 0.2) is 30.6 Å². The van der Waals surface area contributed by atoms with E-state index in [-0.39, 0.29) is 6.61 Å². The van der Waals surface area contributed by atoms with E-state index in [1.807, 2.05) is 37.2 Å². The zero-order chi connectivity index (χ0) is 16.8. The van der Waals surface area contributed by atoms with Crippen molar-refractivity contribution in [3.63, 3.8) is 0 Å². The van der Waals surface area contributed by atoms with Gasteiger partial charge in [-0.05, 0) is 24.6 Å². The molecule has 0 saturated carbocycles. The molecule has 1 unspecified atom stereocenters. The fourth-order valence-electron chi connectivity index (χ4n) is 2.46. The maximum absolute atomic E-state index is 10.2. The second kappa shape index (κ2) is 8.08. The normalized spacial score (nSPS) is 12.8. The van der Waals surface area contributed by atoms with Crippen molar-refractivity contribution in [2.45, 2.75) is 32.4 Å². The minimum atomic E-state index is -0.562. The maximum atomic E-state index is 10.2. The van der Waals surface area contributed by atoms with Gasteiger partial charge in [0.05, 0.1) is 6.54 Å². The predicted molar refractivity (Wildman–Crippen MR) is 89.4 cm³/mol. The third-order valence-electron chi connectivity index (χ3n) is 3.71. The van der Waals surface area contributed by atoms with Gasteiger partial charge in [0.15, 0.2) is 0 Å². The molecule has 1 atom stereocenters. The summed E-state index contributed by atoms with van der Waals surface area (Å²) in [5.74, 6) is 2.10. The van der Waals surface area contributed by atoms with Crippen molar-refractivity contribution in [1.82, 2.24) is 19.7 Å². The highest BCUT2D eigenvalue weighted by molar-refractivity contribution is 5.35. The number of aryl methyl sites for hydroxylation is 1. The van der Waals surface area contributed by atoms with E-state index in [4.69, 9.17) is 4.74 Å². The Bertz CT molecular complexity index is 612. The Morgan fingerprint density at radius 2 is 2.04 bits per heavy atom. The van der Waals surface area contributed by atoms with Crippen molar-refractivity contribution < 1.29 is 9.84 Å². The summed E-state index contributed by atoms with van der Waals surface area (Å²) in [6, 6.07) is 7.97. The van der Waals surface area contributed by atoms with Gasteiger partial charge in [-0.25, -0.2) is 4.98 Å². The van der Waals surface area contributed by atoms with Crippen molar-refractivity contribution in [1.29, 1.82) is 0 Å². The summed E-state index contributed by atoms with van der Waals surface area (Å²) < 4.78 is 7.54. The number of ether oxygens (including phenoxy) is 1. The summed E-state index contributed by atoms with van der Waals surface area (Å²) in [7, 11) is 3.80. The molecule has 0 spiro atoms. The molecule has 0 radical (unpaired) electrons. The van der Waals surface area contributed by atoms with Gasteiger partial charge in [0.25, 0.3) is 0 Å². The van der Waals surface area contributed by atoms with Gasteiger partial charge < -0.3 is 9.84 Å². The second-order valence-electron chi connectivity index (χ2n) is 6.15. The molecule has 0 aliphatic heterocycles. The largest absolute Gasteiger partial charge is 0.491 e. The molecule has 0 fully saturated rings. The molecule has 1 aromatic heterocycles. The summed E-state index contributed by atoms with van der Waals surface area (Å²) >= 11 is 0. The minimum absolute atomic E-state index is 0.271. The van der Waals surface area contributed by atoms with Gasteiger partial charge in [0.1, 0.15) is 30.6 Å². The smallest absolute Gasteiger partial charge is 0.140 e. The Morgan fingerprint density at radius 1 is 1.30 bits per heavy atom. The van der Waals surface area contributed by atoms with E-state index < -0.39 is 6.10 Å². The monoisotopic (exact) mass is 318 g/mol. The fourth-order valence-corrected chi connectivity index (χ4v) is 2.46. The summed E-state index contributed by atoms with van der Waals surface area (Å²) in [5.41, 5.74) is 1.16. The average molecular weight is 318 g/mol. The van der Waals surface area contributed by atoms with Gasteiger partial charge in [0, 0.05) is 13.6 Å². The molecule has 0 amide bonds. The first kappa shape index (κ1) is 17.4. The molecule has 0 saturated heterocycles. The van der Waals surface area contributed by atoms with Crippen LogP contribution in [0.3, 0.4) is 0 Å². The number of rotatable bonds is 8. The van der Waals surface area contributed by atoms with Crippen LogP contribution < -0.4 is 4.74 Å². The Kier molecular flexibility index (Phi) is 6.12. The van der Waals surface area contributed by atoms with Crippen LogP contribution in [0.5, 0.6) is 5.75 Å². The second-order valence-corrected chi connectivity index (χ2v) is 6.15. The summed E-state index contributed by atoms with van der Waals surface area (Å²) in [6.07, 6.45) is 0.972. The maximum Gasteiger partial charge on any atom is 0.140 e. The first-order valence-corrected chi connectivity index (χ1v) is 7.88. The number of aromatic nitrogens is 3. The minimum Gasteiger partial charge on any atom is -0.491 e. The number of aliphatic hydroxyl groups is 1. The van der Waals surface area contributed by atoms with Crippen LogP contribution in [0.4, 0.5) is 0 Å². The van der Waals surface area contributed by atoms with Crippen LogP contribution >= 0.6 is 0 Å². The van der Waals surface area contributed by atoms with Gasteiger partial charge >= 0.3 is 0 Å². The van der Waals surface area contributed by atoms with E-state index in [2.05, 4.69) is 30.0 Å². The zero-order valence-corrected chi connectivity index (χ0v) is 14.3. The lowest BCUT2D eigenvalue weighted by molar-refractivity contribution is 0.0729. The molecule has 6 heteroatoms. The summed E-state index contributed by atoms with van der Waals surface area (Å²) in [6.45, 7) is 5.68. The number of para-hydroxylation sites is 1. The van der Waals surface area contributed by atoms with Crippen molar-refractivity contribution in [3.8, 4) is 5.75 Å². The SMILES string of the molecule is CC(C)c1ccccc1OCC(O)CN(C)Cc1ncnn1C. The first-order valence-electron chi connectivity index (χ1n) is 7.88. The average Bonchev–Trinajstić information content (AvgIpc) is 2.90. The van der Waals surface area contributed by atoms with Crippen LogP contribution in [0, 0.1) is 0 Å². The lowest BCUT2D eigenvalue weighted by Crippen LogP contribution is -2.33. The van der Waals surface area contributed by atoms with Crippen LogP contribution in [-0.4, -0.2) is 51.1 Å². The number of aliphatic hydroxyl groups excluding tert-OH is 1. The molecule has 6 nitrogen and oxygen atoms in total. The lowest BCUT2D eigenvalue weighted by Gasteiger charge is -2.21. The molecular weight excluding hydrogens is 292 g/mol. The van der Waals surface area contributed by atoms with E-state index in [1.165, 1.54) is 6.33 Å². The number of hydrogen-bond donors (Lipinski definition) is 1. The summed E-state index contributed by atoms with van der Waals surface area (Å²) in [4.78, 5) is 6.19. The highest BCUT2D eigenvalue weighted by Gasteiger charge is 2.13. The van der Waals surface area contributed by atoms with Crippen molar-refractivity contribution in [2.75, 3.05) is 20.2 Å². The van der Waals surface area contributed by atoms with Crippen molar-refractivity contribution in [2.24, 2.45) is 7.05 Å². The Morgan fingerprint density at radius 3 is 2.70 bits per heavy atom. The third kappa shape index (κ3) is 5.04. The molecule has 2 aromatic rings. The quantitative estimate of drug-likeness (QED) is 0.804. The molecule has 126 valence electrons. The Labute approximate surface area is 137 Å². The molecule has 0 aliphatic rings. The van der Waals surface area contributed by atoms with E-state index >= 15 is 0 Å². The van der Waals surface area contributed by atoms with Crippen LogP contribution in [0.1, 0.15) is 31.2 Å². The Balaban J connectivity index is 1.83. The molecule has 23 heavy (non-hydrogen) atoms. The highest BCUT2D eigenvalue weighted by atomic mass is 16.5. The van der Waals surface area contributed by atoms with E-state index in [9.17, 15) is 5.11 Å². The standard InChI is InChI=1S/C17H26N4O2/c1-13(2)15-7-5-6-8-16(15)23-11-14(22)9-20(3)10-17-18-12-19-21(17)4/h5-8,12-14,22H,9-11H2,1-4H3. The highest BCUT2D eigenvalue weighted by Crippen LogP contribution is 2.25. The summed E-state index contributed by atoms with van der Waals surface area (Å²) in [5, 5.41) is 14.2. The topological polar surface area (TPSA) is 63.4 Å². The third-order valence-corrected chi connectivity index (χ3v) is 3.71. The molecular formula is C17H26N4O2. The molecule has 1 heterocycles.